The Morgan fingerprint density at radius 1 is 0.290 bits per heavy atom. The van der Waals surface area contributed by atoms with Crippen LogP contribution in [0.2, 0.25) is 0 Å². The number of hydrogen-bond donors (Lipinski definition) is 0. The van der Waals surface area contributed by atoms with Crippen molar-refractivity contribution in [2.75, 3.05) is 0 Å². The van der Waals surface area contributed by atoms with Crippen LogP contribution in [0.4, 0.5) is 11.4 Å². The van der Waals surface area contributed by atoms with Gasteiger partial charge in [-0.05, 0) is 97.9 Å². The maximum Gasteiger partial charge on any atom is 0.0636 e. The zero-order valence-electron chi connectivity index (χ0n) is 42.3. The summed E-state index contributed by atoms with van der Waals surface area (Å²) in [6, 6.07) is 13.9. The van der Waals surface area contributed by atoms with E-state index in [1.807, 2.05) is 0 Å². The average molecular weight is 898 g/mol. The van der Waals surface area contributed by atoms with Crippen LogP contribution in [0.1, 0.15) is 289 Å². The Hall–Kier alpha value is -1.73. The first-order chi connectivity index (χ1) is 30.1. The molecule has 0 aliphatic carbocycles. The van der Waals surface area contributed by atoms with E-state index >= 15 is 0 Å². The van der Waals surface area contributed by atoms with Crippen molar-refractivity contribution in [1.82, 2.24) is 0 Å². The molecule has 62 heavy (non-hydrogen) atoms. The fourth-order valence-corrected chi connectivity index (χ4v) is 9.41. The second-order valence-corrected chi connectivity index (χ2v) is 18.9. The SMILES string of the molecule is CCCCCCCCCCCCCCCCCCCCCCCCCCCCCC(=Nc1ccc(CC)c(CC)c1)C(CCCCCCCC)=Nc1ccc(CC)c(CC)c1.[Ni]. The molecule has 0 spiro atoms. The summed E-state index contributed by atoms with van der Waals surface area (Å²) < 4.78 is 0. The van der Waals surface area contributed by atoms with E-state index in [2.05, 4.69) is 77.9 Å². The van der Waals surface area contributed by atoms with E-state index in [0.717, 1.165) is 49.9 Å². The Kier molecular flexibility index (Phi) is 39.4. The van der Waals surface area contributed by atoms with Crippen LogP contribution in [0.3, 0.4) is 0 Å². The number of hydrogen-bond acceptors (Lipinski definition) is 2. The zero-order valence-corrected chi connectivity index (χ0v) is 43.2. The summed E-state index contributed by atoms with van der Waals surface area (Å²) >= 11 is 0. The number of aliphatic imine (C=N–C) groups is 2. The minimum Gasteiger partial charge on any atom is -0.252 e. The topological polar surface area (TPSA) is 24.7 Å². The molecule has 0 N–H and O–H groups in total. The molecule has 2 rings (SSSR count). The minimum absolute atomic E-state index is 0. The first-order valence-corrected chi connectivity index (χ1v) is 27.5. The summed E-state index contributed by atoms with van der Waals surface area (Å²) in [5, 5.41) is 0. The Balaban J connectivity index is 0.0000192. The summed E-state index contributed by atoms with van der Waals surface area (Å²) in [4.78, 5) is 10.9. The Morgan fingerprint density at radius 3 is 0.742 bits per heavy atom. The van der Waals surface area contributed by atoms with Crippen LogP contribution in [0.25, 0.3) is 0 Å². The largest absolute Gasteiger partial charge is 0.252 e. The summed E-state index contributed by atoms with van der Waals surface area (Å²) in [7, 11) is 0. The van der Waals surface area contributed by atoms with E-state index < -0.39 is 0 Å². The summed E-state index contributed by atoms with van der Waals surface area (Å²) in [6.07, 6.45) is 52.9. The molecule has 2 nitrogen and oxygen atoms in total. The van der Waals surface area contributed by atoms with Gasteiger partial charge in [0.2, 0.25) is 0 Å². The number of aryl methyl sites for hydroxylation is 4. The van der Waals surface area contributed by atoms with Crippen molar-refractivity contribution in [1.29, 1.82) is 0 Å². The van der Waals surface area contributed by atoms with Crippen molar-refractivity contribution in [3.8, 4) is 0 Å². The monoisotopic (exact) mass is 897 g/mol. The molecule has 3 heteroatoms. The molecule has 358 valence electrons. The third kappa shape index (κ3) is 28.9. The molecule has 0 atom stereocenters. The van der Waals surface area contributed by atoms with Crippen molar-refractivity contribution in [2.45, 2.75) is 292 Å². The molecule has 2 aromatic rings. The van der Waals surface area contributed by atoms with Crippen LogP contribution in [0.15, 0.2) is 46.4 Å². The average Bonchev–Trinajstić information content (AvgIpc) is 3.28. The predicted molar refractivity (Wildman–Crippen MR) is 278 cm³/mol. The molecule has 0 saturated heterocycles. The van der Waals surface area contributed by atoms with Gasteiger partial charge < -0.3 is 0 Å². The number of nitrogens with zero attached hydrogens (tertiary/aromatic N) is 2. The molecular formula is C59H102N2Ni. The van der Waals surface area contributed by atoms with Crippen molar-refractivity contribution in [3.63, 3.8) is 0 Å². The number of benzene rings is 2. The van der Waals surface area contributed by atoms with Crippen LogP contribution in [0.5, 0.6) is 0 Å². The Morgan fingerprint density at radius 2 is 0.516 bits per heavy atom. The van der Waals surface area contributed by atoms with Crippen molar-refractivity contribution in [3.05, 3.63) is 58.7 Å². The number of unbranched alkanes of at least 4 members (excludes halogenated alkanes) is 31. The van der Waals surface area contributed by atoms with Gasteiger partial charge >= 0.3 is 0 Å². The maximum atomic E-state index is 5.46. The third-order valence-corrected chi connectivity index (χ3v) is 13.5. The van der Waals surface area contributed by atoms with Gasteiger partial charge in [0, 0.05) is 16.5 Å². The molecule has 0 radical (unpaired) electrons. The van der Waals surface area contributed by atoms with E-state index in [4.69, 9.17) is 9.98 Å². The van der Waals surface area contributed by atoms with Crippen molar-refractivity contribution in [2.24, 2.45) is 9.98 Å². The van der Waals surface area contributed by atoms with Crippen LogP contribution in [-0.2, 0) is 42.2 Å². The predicted octanol–water partition coefficient (Wildman–Crippen LogP) is 20.5. The molecule has 0 aromatic heterocycles. The van der Waals surface area contributed by atoms with Crippen molar-refractivity contribution < 1.29 is 16.5 Å². The van der Waals surface area contributed by atoms with Gasteiger partial charge in [0.25, 0.3) is 0 Å². The minimum atomic E-state index is 0. The van der Waals surface area contributed by atoms with Crippen LogP contribution in [-0.4, -0.2) is 11.4 Å². The quantitative estimate of drug-likeness (QED) is 0.0360. The number of rotatable bonds is 42. The molecule has 0 heterocycles. The van der Waals surface area contributed by atoms with Gasteiger partial charge in [-0.1, -0.05) is 253 Å². The van der Waals surface area contributed by atoms with Crippen molar-refractivity contribution >= 4 is 22.8 Å². The third-order valence-electron chi connectivity index (χ3n) is 13.5. The molecule has 0 aliphatic heterocycles. The fourth-order valence-electron chi connectivity index (χ4n) is 9.41. The standard InChI is InChI=1S/C59H102N2.Ni/c1-7-13-15-17-19-20-21-22-23-24-25-26-27-28-29-30-31-32-33-34-35-36-37-38-39-41-43-45-59(61-57-49-47-53(10-4)55(12-6)51-57)58(44-42-40-18-16-14-8-2)60-56-48-46-52(9-3)54(11-5)50-56;/h46-51H,7-45H2,1-6H3;. The van der Waals surface area contributed by atoms with Gasteiger partial charge in [-0.3, -0.25) is 9.98 Å². The Labute approximate surface area is 397 Å². The Bertz CT molecular complexity index is 1370. The molecule has 0 fully saturated rings. The zero-order chi connectivity index (χ0) is 43.9. The van der Waals surface area contributed by atoms with E-state index in [-0.39, 0.29) is 16.5 Å². The van der Waals surface area contributed by atoms with Gasteiger partial charge in [-0.2, -0.15) is 0 Å². The summed E-state index contributed by atoms with van der Waals surface area (Å²) in [5.74, 6) is 0. The summed E-state index contributed by atoms with van der Waals surface area (Å²) in [6.45, 7) is 13.7. The van der Waals surface area contributed by atoms with Gasteiger partial charge in [0.15, 0.2) is 0 Å². The van der Waals surface area contributed by atoms with Crippen LogP contribution in [0, 0.1) is 0 Å². The van der Waals surface area contributed by atoms with Crippen LogP contribution >= 0.6 is 0 Å². The molecule has 0 amide bonds. The molecular weight excluding hydrogens is 795 g/mol. The van der Waals surface area contributed by atoms with Gasteiger partial charge in [-0.25, -0.2) is 0 Å². The summed E-state index contributed by atoms with van der Waals surface area (Å²) in [5.41, 5.74) is 10.5. The maximum absolute atomic E-state index is 5.46. The van der Waals surface area contributed by atoms with Gasteiger partial charge in [0.05, 0.1) is 22.8 Å². The first-order valence-electron chi connectivity index (χ1n) is 27.5. The fraction of sp³-hybridized carbons (Fsp3) is 0.763. The van der Waals surface area contributed by atoms with E-state index in [1.165, 1.54) is 246 Å². The molecule has 0 bridgehead atoms. The van der Waals surface area contributed by atoms with Gasteiger partial charge in [-0.15, -0.1) is 0 Å². The molecule has 2 aromatic carbocycles. The molecule has 0 aliphatic rings. The van der Waals surface area contributed by atoms with E-state index in [1.54, 1.807) is 0 Å². The van der Waals surface area contributed by atoms with Gasteiger partial charge in [0.1, 0.15) is 0 Å². The molecule has 0 unspecified atom stereocenters. The van der Waals surface area contributed by atoms with E-state index in [9.17, 15) is 0 Å². The van der Waals surface area contributed by atoms with E-state index in [0.29, 0.717) is 0 Å². The molecule has 0 saturated carbocycles. The normalized spacial score (nSPS) is 12.0. The smallest absolute Gasteiger partial charge is 0.0636 e. The first kappa shape index (κ1) is 58.3. The second kappa shape index (κ2) is 41.9. The second-order valence-electron chi connectivity index (χ2n) is 18.9. The van der Waals surface area contributed by atoms with Crippen LogP contribution < -0.4 is 0 Å².